The van der Waals surface area contributed by atoms with Crippen molar-refractivity contribution in [3.63, 3.8) is 0 Å². The molecule has 0 bridgehead atoms. The van der Waals surface area contributed by atoms with Crippen molar-refractivity contribution in [3.8, 4) is 0 Å². The maximum absolute atomic E-state index is 5.03. The van der Waals surface area contributed by atoms with Gasteiger partial charge in [0.15, 0.2) is 0 Å². The van der Waals surface area contributed by atoms with Gasteiger partial charge in [0, 0.05) is 24.5 Å². The van der Waals surface area contributed by atoms with Gasteiger partial charge < -0.3 is 0 Å². The third-order valence-corrected chi connectivity index (χ3v) is 8.37. The van der Waals surface area contributed by atoms with Crippen molar-refractivity contribution in [2.45, 2.75) is 116 Å². The molecule has 0 radical (unpaired) electrons. The van der Waals surface area contributed by atoms with Gasteiger partial charge in [0.05, 0.1) is 0 Å². The molecule has 0 spiro atoms. The number of hydrogen-bond acceptors (Lipinski definition) is 3. The van der Waals surface area contributed by atoms with E-state index in [1.165, 1.54) is 123 Å². The van der Waals surface area contributed by atoms with Crippen molar-refractivity contribution in [3.05, 3.63) is 21.9 Å². The number of thiocarbonyl (C=S) groups is 1. The summed E-state index contributed by atoms with van der Waals surface area (Å²) in [5.74, 6) is 0. The van der Waals surface area contributed by atoms with Crippen LogP contribution in [0, 0.1) is 0 Å². The first-order chi connectivity index (χ1) is 13.8. The first kappa shape index (κ1) is 24.0. The minimum absolute atomic E-state index is 1.23. The second-order valence-electron chi connectivity index (χ2n) is 8.26. The van der Waals surface area contributed by atoms with Crippen LogP contribution in [0.1, 0.15) is 119 Å². The normalized spacial score (nSPS) is 11.5. The predicted molar refractivity (Wildman–Crippen MR) is 136 cm³/mol. The standard InChI is InChI=1S/C25H40S3/c1-2-3-4-5-6-7-8-9-10-11-12-13-14-15-16-17-18-22-19-24-25(27-22)20-23(21-26)28-24/h19-21H,2-18H2,1H3. The van der Waals surface area contributed by atoms with Crippen molar-refractivity contribution >= 4 is 49.7 Å². The number of aryl methyl sites for hydroxylation is 1. The quantitative estimate of drug-likeness (QED) is 0.165. The van der Waals surface area contributed by atoms with Gasteiger partial charge in [0.2, 0.25) is 0 Å². The molecular formula is C25H40S3. The molecule has 0 aromatic carbocycles. The lowest BCUT2D eigenvalue weighted by Gasteiger charge is -2.03. The Balaban J connectivity index is 1.34. The molecule has 0 fully saturated rings. The van der Waals surface area contributed by atoms with Crippen LogP contribution >= 0.6 is 34.9 Å². The topological polar surface area (TPSA) is 0 Å². The Morgan fingerprint density at radius 1 is 0.643 bits per heavy atom. The molecule has 2 heterocycles. The third kappa shape index (κ3) is 9.98. The van der Waals surface area contributed by atoms with E-state index in [0.717, 1.165) is 0 Å². The molecule has 0 nitrogen and oxygen atoms in total. The Morgan fingerprint density at radius 3 is 1.57 bits per heavy atom. The summed E-state index contributed by atoms with van der Waals surface area (Å²) < 4.78 is 2.85. The second-order valence-corrected chi connectivity index (χ2v) is 10.8. The molecule has 2 rings (SSSR count). The summed E-state index contributed by atoms with van der Waals surface area (Å²) >= 11 is 8.82. The highest BCUT2D eigenvalue weighted by Crippen LogP contribution is 2.33. The van der Waals surface area contributed by atoms with E-state index in [4.69, 9.17) is 12.2 Å². The van der Waals surface area contributed by atoms with Crippen molar-refractivity contribution in [2.24, 2.45) is 0 Å². The second kappa shape index (κ2) is 15.6. The highest BCUT2D eigenvalue weighted by molar-refractivity contribution is 7.79. The van der Waals surface area contributed by atoms with Crippen LogP contribution in [0.25, 0.3) is 9.40 Å². The smallest absolute Gasteiger partial charge is 0.0460 e. The van der Waals surface area contributed by atoms with E-state index < -0.39 is 0 Å². The number of rotatable bonds is 18. The monoisotopic (exact) mass is 436 g/mol. The fraction of sp³-hybridized carbons (Fsp3) is 0.720. The zero-order valence-electron chi connectivity index (χ0n) is 18.0. The lowest BCUT2D eigenvalue weighted by atomic mass is 10.0. The number of fused-ring (bicyclic) bond motifs is 1. The van der Waals surface area contributed by atoms with Crippen LogP contribution in [-0.4, -0.2) is 5.37 Å². The van der Waals surface area contributed by atoms with Gasteiger partial charge in [-0.15, -0.1) is 22.7 Å². The van der Waals surface area contributed by atoms with Crippen LogP contribution in [-0.2, 0) is 6.42 Å². The average Bonchev–Trinajstić information content (AvgIpc) is 3.26. The van der Waals surface area contributed by atoms with Crippen LogP contribution in [0.2, 0.25) is 0 Å². The number of unbranched alkanes of at least 4 members (excludes halogenated alkanes) is 15. The molecule has 0 saturated heterocycles. The zero-order valence-corrected chi connectivity index (χ0v) is 20.4. The summed E-state index contributed by atoms with van der Waals surface area (Å²) in [6.45, 7) is 2.30. The molecule has 0 unspecified atom stereocenters. The molecule has 2 aromatic heterocycles. The van der Waals surface area contributed by atoms with Gasteiger partial charge in [-0.3, -0.25) is 0 Å². The summed E-state index contributed by atoms with van der Waals surface area (Å²) in [6.07, 6.45) is 24.3. The molecule has 0 atom stereocenters. The van der Waals surface area contributed by atoms with E-state index >= 15 is 0 Å². The highest BCUT2D eigenvalue weighted by Gasteiger charge is 2.05. The minimum Gasteiger partial charge on any atom is -0.139 e. The summed E-state index contributed by atoms with van der Waals surface area (Å²) in [5, 5.41) is 1.80. The molecule has 0 aliphatic rings. The van der Waals surface area contributed by atoms with Crippen LogP contribution in [0.5, 0.6) is 0 Å². The summed E-state index contributed by atoms with van der Waals surface area (Å²) in [7, 11) is 0. The Labute approximate surface area is 187 Å². The van der Waals surface area contributed by atoms with E-state index in [1.807, 2.05) is 22.7 Å². The zero-order chi connectivity index (χ0) is 19.9. The third-order valence-electron chi connectivity index (χ3n) is 5.67. The minimum atomic E-state index is 1.23. The van der Waals surface area contributed by atoms with E-state index in [0.29, 0.717) is 0 Å². The summed E-state index contributed by atoms with van der Waals surface area (Å²) in [4.78, 5) is 2.78. The highest BCUT2D eigenvalue weighted by atomic mass is 32.1. The van der Waals surface area contributed by atoms with Crippen molar-refractivity contribution in [1.82, 2.24) is 0 Å². The van der Waals surface area contributed by atoms with E-state index in [2.05, 4.69) is 19.1 Å². The molecule has 0 N–H and O–H groups in total. The van der Waals surface area contributed by atoms with Gasteiger partial charge in [-0.05, 0) is 25.0 Å². The van der Waals surface area contributed by atoms with Gasteiger partial charge >= 0.3 is 0 Å². The Bertz CT molecular complexity index is 606. The predicted octanol–water partition coefficient (Wildman–Crippen LogP) is 10.1. The number of hydrogen-bond donors (Lipinski definition) is 0. The molecule has 0 amide bonds. The lowest BCUT2D eigenvalue weighted by Crippen LogP contribution is -1.84. The Hall–Kier alpha value is -0.250. The van der Waals surface area contributed by atoms with E-state index in [9.17, 15) is 0 Å². The number of thiophene rings is 2. The maximum Gasteiger partial charge on any atom is 0.0460 e. The summed E-state index contributed by atoms with van der Waals surface area (Å²) in [5.41, 5.74) is 0. The van der Waals surface area contributed by atoms with Gasteiger partial charge in [0.1, 0.15) is 0 Å². The molecule has 28 heavy (non-hydrogen) atoms. The van der Waals surface area contributed by atoms with Gasteiger partial charge in [0.25, 0.3) is 0 Å². The van der Waals surface area contributed by atoms with Crippen molar-refractivity contribution in [2.75, 3.05) is 0 Å². The molecule has 2 aromatic rings. The fourth-order valence-corrected chi connectivity index (χ4v) is 6.44. The molecule has 0 aliphatic heterocycles. The molecule has 0 saturated carbocycles. The van der Waals surface area contributed by atoms with Gasteiger partial charge in [-0.2, -0.15) is 0 Å². The van der Waals surface area contributed by atoms with Crippen LogP contribution in [0.3, 0.4) is 0 Å². The average molecular weight is 437 g/mol. The first-order valence-corrected chi connectivity index (χ1v) is 13.9. The molecule has 3 heteroatoms. The molecule has 158 valence electrons. The largest absolute Gasteiger partial charge is 0.139 e. The first-order valence-electron chi connectivity index (χ1n) is 11.8. The lowest BCUT2D eigenvalue weighted by molar-refractivity contribution is 0.529. The molecular weight excluding hydrogens is 396 g/mol. The SMILES string of the molecule is CCCCCCCCCCCCCCCCCCc1cc2sc(C=S)cc2s1. The Morgan fingerprint density at radius 2 is 1.11 bits per heavy atom. The summed E-state index contributed by atoms with van der Waals surface area (Å²) in [6, 6.07) is 4.63. The van der Waals surface area contributed by atoms with Crippen molar-refractivity contribution < 1.29 is 0 Å². The van der Waals surface area contributed by atoms with Crippen molar-refractivity contribution in [1.29, 1.82) is 0 Å². The molecule has 0 aliphatic carbocycles. The fourth-order valence-electron chi connectivity index (χ4n) is 3.93. The van der Waals surface area contributed by atoms with Gasteiger partial charge in [-0.1, -0.05) is 115 Å². The van der Waals surface area contributed by atoms with Crippen LogP contribution in [0.15, 0.2) is 12.1 Å². The maximum atomic E-state index is 5.03. The van der Waals surface area contributed by atoms with E-state index in [1.54, 1.807) is 10.2 Å². The van der Waals surface area contributed by atoms with Crippen LogP contribution < -0.4 is 0 Å². The van der Waals surface area contributed by atoms with E-state index in [-0.39, 0.29) is 0 Å². The van der Waals surface area contributed by atoms with Crippen LogP contribution in [0.4, 0.5) is 0 Å². The van der Waals surface area contributed by atoms with Gasteiger partial charge in [-0.25, -0.2) is 0 Å². The Kier molecular flexibility index (Phi) is 13.4.